The van der Waals surface area contributed by atoms with Crippen molar-refractivity contribution in [2.75, 3.05) is 19.6 Å². The molecule has 3 nitrogen and oxygen atoms in total. The quantitative estimate of drug-likeness (QED) is 0.495. The van der Waals surface area contributed by atoms with Gasteiger partial charge in [0.25, 0.3) is 0 Å². The molecule has 14 heavy (non-hydrogen) atoms. The second kappa shape index (κ2) is 4.02. The minimum Gasteiger partial charge on any atom is -0.460 e. The third-order valence-corrected chi connectivity index (χ3v) is 2.27. The lowest BCUT2D eigenvalue weighted by atomic mass is 9.92. The summed E-state index contributed by atoms with van der Waals surface area (Å²) in [5.41, 5.74) is -0.0960. The van der Waals surface area contributed by atoms with Gasteiger partial charge in [-0.3, -0.25) is 9.69 Å². The number of carbonyl (C=O) groups is 1. The van der Waals surface area contributed by atoms with Crippen LogP contribution in [0.25, 0.3) is 0 Å². The molecule has 1 rings (SSSR count). The van der Waals surface area contributed by atoms with Gasteiger partial charge in [0.15, 0.2) is 0 Å². The zero-order valence-electron chi connectivity index (χ0n) is 9.04. The molecule has 3 heteroatoms. The fraction of sp³-hybridized carbons (Fsp3) is 0.727. The SMILES string of the molecule is C#CC(C)(C)CN1CC(OC(C)=O)C1. The lowest BCUT2D eigenvalue weighted by molar-refractivity contribution is -0.155. The predicted molar refractivity (Wildman–Crippen MR) is 54.6 cm³/mol. The first kappa shape index (κ1) is 11.1. The van der Waals surface area contributed by atoms with E-state index in [4.69, 9.17) is 11.2 Å². The molecular formula is C11H17NO2. The number of carbonyl (C=O) groups excluding carboxylic acids is 1. The average molecular weight is 195 g/mol. The molecule has 0 N–H and O–H groups in total. The van der Waals surface area contributed by atoms with Crippen LogP contribution in [0.4, 0.5) is 0 Å². The Bertz CT molecular complexity index is 259. The first-order valence-electron chi connectivity index (χ1n) is 4.80. The molecule has 1 heterocycles. The highest BCUT2D eigenvalue weighted by atomic mass is 16.5. The Labute approximate surface area is 85.4 Å². The molecule has 0 atom stereocenters. The third-order valence-electron chi connectivity index (χ3n) is 2.27. The number of terminal acetylenes is 1. The van der Waals surface area contributed by atoms with Crippen LogP contribution in [-0.2, 0) is 9.53 Å². The van der Waals surface area contributed by atoms with Crippen LogP contribution in [-0.4, -0.2) is 36.6 Å². The Kier molecular flexibility index (Phi) is 3.17. The second-order valence-corrected chi connectivity index (χ2v) is 4.45. The Morgan fingerprint density at radius 2 is 2.21 bits per heavy atom. The molecule has 0 aliphatic carbocycles. The summed E-state index contributed by atoms with van der Waals surface area (Å²) in [6, 6.07) is 0. The number of esters is 1. The van der Waals surface area contributed by atoms with Gasteiger partial charge in [-0.25, -0.2) is 0 Å². The number of nitrogens with zero attached hydrogens (tertiary/aromatic N) is 1. The molecule has 1 saturated heterocycles. The topological polar surface area (TPSA) is 29.5 Å². The van der Waals surface area contributed by atoms with Crippen LogP contribution in [0.15, 0.2) is 0 Å². The number of ether oxygens (including phenoxy) is 1. The van der Waals surface area contributed by atoms with E-state index in [1.54, 1.807) is 0 Å². The highest BCUT2D eigenvalue weighted by Gasteiger charge is 2.32. The van der Waals surface area contributed by atoms with Gasteiger partial charge < -0.3 is 4.74 Å². The van der Waals surface area contributed by atoms with Crippen molar-refractivity contribution in [1.82, 2.24) is 4.90 Å². The van der Waals surface area contributed by atoms with E-state index >= 15 is 0 Å². The van der Waals surface area contributed by atoms with Crippen molar-refractivity contribution in [3.63, 3.8) is 0 Å². The first-order chi connectivity index (χ1) is 6.43. The number of rotatable bonds is 3. The van der Waals surface area contributed by atoms with Crippen molar-refractivity contribution in [3.05, 3.63) is 0 Å². The average Bonchev–Trinajstić information content (AvgIpc) is 1.99. The minimum atomic E-state index is -0.203. The van der Waals surface area contributed by atoms with Crippen molar-refractivity contribution < 1.29 is 9.53 Å². The van der Waals surface area contributed by atoms with Crippen LogP contribution in [0, 0.1) is 17.8 Å². The molecule has 78 valence electrons. The molecule has 0 saturated carbocycles. The van der Waals surface area contributed by atoms with E-state index in [9.17, 15) is 4.79 Å². The molecule has 1 fully saturated rings. The molecule has 0 unspecified atom stereocenters. The summed E-state index contributed by atoms with van der Waals surface area (Å²) < 4.78 is 5.03. The molecule has 0 amide bonds. The van der Waals surface area contributed by atoms with Crippen LogP contribution in [0.5, 0.6) is 0 Å². The Hall–Kier alpha value is -1.01. The number of hydrogen-bond acceptors (Lipinski definition) is 3. The standard InChI is InChI=1S/C11H17NO2/c1-5-11(3,4)8-12-6-10(7-12)14-9(2)13/h1,10H,6-8H2,2-4H3. The fourth-order valence-corrected chi connectivity index (χ4v) is 1.57. The lowest BCUT2D eigenvalue weighted by Crippen LogP contribution is -2.55. The highest BCUT2D eigenvalue weighted by molar-refractivity contribution is 5.66. The second-order valence-electron chi connectivity index (χ2n) is 4.45. The van der Waals surface area contributed by atoms with Crippen LogP contribution >= 0.6 is 0 Å². The van der Waals surface area contributed by atoms with Gasteiger partial charge >= 0.3 is 5.97 Å². The Morgan fingerprint density at radius 1 is 1.64 bits per heavy atom. The van der Waals surface area contributed by atoms with Crippen molar-refractivity contribution in [2.45, 2.75) is 26.9 Å². The van der Waals surface area contributed by atoms with Gasteiger partial charge in [-0.1, -0.05) is 5.92 Å². The molecular weight excluding hydrogens is 178 g/mol. The summed E-state index contributed by atoms with van der Waals surface area (Å²) >= 11 is 0. The Morgan fingerprint density at radius 3 is 2.64 bits per heavy atom. The molecule has 0 aromatic heterocycles. The van der Waals surface area contributed by atoms with Crippen LogP contribution in [0.1, 0.15) is 20.8 Å². The van der Waals surface area contributed by atoms with Crippen LogP contribution < -0.4 is 0 Å². The molecule has 0 aromatic rings. The van der Waals surface area contributed by atoms with Gasteiger partial charge in [0.1, 0.15) is 6.10 Å². The van der Waals surface area contributed by atoms with Crippen molar-refractivity contribution in [2.24, 2.45) is 5.41 Å². The maximum Gasteiger partial charge on any atom is 0.302 e. The van der Waals surface area contributed by atoms with Crippen LogP contribution in [0.3, 0.4) is 0 Å². The van der Waals surface area contributed by atoms with Gasteiger partial charge in [0.2, 0.25) is 0 Å². The van der Waals surface area contributed by atoms with E-state index in [0.29, 0.717) is 0 Å². The molecule has 0 bridgehead atoms. The van der Waals surface area contributed by atoms with Crippen LogP contribution in [0.2, 0.25) is 0 Å². The summed E-state index contributed by atoms with van der Waals surface area (Å²) in [6.07, 6.45) is 5.46. The van der Waals surface area contributed by atoms with Crippen molar-refractivity contribution in [3.8, 4) is 12.3 Å². The van der Waals surface area contributed by atoms with Crippen molar-refractivity contribution >= 4 is 5.97 Å². The smallest absolute Gasteiger partial charge is 0.302 e. The zero-order valence-corrected chi connectivity index (χ0v) is 9.04. The Balaban J connectivity index is 2.23. The molecule has 1 aliphatic rings. The van der Waals surface area contributed by atoms with E-state index in [1.807, 2.05) is 13.8 Å². The summed E-state index contributed by atoms with van der Waals surface area (Å²) in [4.78, 5) is 12.8. The van der Waals surface area contributed by atoms with Gasteiger partial charge in [0, 0.05) is 32.0 Å². The fourth-order valence-electron chi connectivity index (χ4n) is 1.57. The molecule has 0 aromatic carbocycles. The summed E-state index contributed by atoms with van der Waals surface area (Å²) in [5.74, 6) is 2.54. The van der Waals surface area contributed by atoms with Gasteiger partial charge in [-0.2, -0.15) is 0 Å². The lowest BCUT2D eigenvalue weighted by Gasteiger charge is -2.41. The van der Waals surface area contributed by atoms with E-state index < -0.39 is 0 Å². The van der Waals surface area contributed by atoms with E-state index in [0.717, 1.165) is 19.6 Å². The van der Waals surface area contributed by atoms with Gasteiger partial charge in [-0.05, 0) is 13.8 Å². The minimum absolute atomic E-state index is 0.0704. The monoisotopic (exact) mass is 195 g/mol. The van der Waals surface area contributed by atoms with E-state index in [-0.39, 0.29) is 17.5 Å². The predicted octanol–water partition coefficient (Wildman–Crippen LogP) is 0.893. The first-order valence-corrected chi connectivity index (χ1v) is 4.80. The summed E-state index contributed by atoms with van der Waals surface area (Å²) in [5, 5.41) is 0. The van der Waals surface area contributed by atoms with E-state index in [2.05, 4.69) is 10.8 Å². The number of hydrogen-bond donors (Lipinski definition) is 0. The molecule has 0 radical (unpaired) electrons. The highest BCUT2D eigenvalue weighted by Crippen LogP contribution is 2.20. The van der Waals surface area contributed by atoms with Crippen molar-refractivity contribution in [1.29, 1.82) is 0 Å². The molecule has 1 aliphatic heterocycles. The maximum atomic E-state index is 10.6. The maximum absolute atomic E-state index is 10.6. The molecule has 0 spiro atoms. The van der Waals surface area contributed by atoms with Gasteiger partial charge in [-0.15, -0.1) is 6.42 Å². The summed E-state index contributed by atoms with van der Waals surface area (Å²) in [7, 11) is 0. The normalized spacial score (nSPS) is 18.4. The van der Waals surface area contributed by atoms with E-state index in [1.165, 1.54) is 6.92 Å². The third kappa shape index (κ3) is 3.04. The number of likely N-dealkylation sites (tertiary alicyclic amines) is 1. The summed E-state index contributed by atoms with van der Waals surface area (Å²) in [6.45, 7) is 7.99. The largest absolute Gasteiger partial charge is 0.460 e. The zero-order chi connectivity index (χ0) is 10.8. The van der Waals surface area contributed by atoms with Gasteiger partial charge in [0.05, 0.1) is 0 Å².